The molecule has 0 aliphatic carbocycles. The van der Waals surface area contributed by atoms with Gasteiger partial charge in [-0.15, -0.1) is 0 Å². The van der Waals surface area contributed by atoms with Crippen molar-refractivity contribution in [2.45, 2.75) is 18.9 Å². The first kappa shape index (κ1) is 14.0. The smallest absolute Gasteiger partial charge is 0.303 e. The van der Waals surface area contributed by atoms with Crippen LogP contribution in [0.5, 0.6) is 11.5 Å². The SMILES string of the molecule is NC1CC(CC(=O)O)CN(c2ccc3c(c2)OCCO3)C1. The van der Waals surface area contributed by atoms with E-state index in [0.717, 1.165) is 30.2 Å². The van der Waals surface area contributed by atoms with Crippen LogP contribution < -0.4 is 20.1 Å². The zero-order valence-electron chi connectivity index (χ0n) is 11.8. The van der Waals surface area contributed by atoms with E-state index in [1.54, 1.807) is 0 Å². The molecule has 3 rings (SSSR count). The second kappa shape index (κ2) is 5.81. The van der Waals surface area contributed by atoms with Crippen molar-refractivity contribution in [3.63, 3.8) is 0 Å². The monoisotopic (exact) mass is 292 g/mol. The zero-order valence-corrected chi connectivity index (χ0v) is 11.8. The van der Waals surface area contributed by atoms with E-state index in [0.29, 0.717) is 19.8 Å². The third-order valence-electron chi connectivity index (χ3n) is 3.92. The molecule has 6 nitrogen and oxygen atoms in total. The molecule has 0 spiro atoms. The highest BCUT2D eigenvalue weighted by Crippen LogP contribution is 2.35. The van der Waals surface area contributed by atoms with Gasteiger partial charge in [0.15, 0.2) is 11.5 Å². The third-order valence-corrected chi connectivity index (χ3v) is 3.92. The Morgan fingerprint density at radius 2 is 2.05 bits per heavy atom. The number of piperidine rings is 1. The van der Waals surface area contributed by atoms with Crippen molar-refractivity contribution in [1.29, 1.82) is 0 Å². The molecule has 0 bridgehead atoms. The standard InChI is InChI=1S/C15H20N2O4/c16-11-5-10(6-15(18)19)8-17(9-11)12-1-2-13-14(7-12)21-4-3-20-13/h1-2,7,10-11H,3-6,8-9,16H2,(H,18,19). The van der Waals surface area contributed by atoms with E-state index in [4.69, 9.17) is 20.3 Å². The fourth-order valence-electron chi connectivity index (χ4n) is 3.08. The maximum Gasteiger partial charge on any atom is 0.303 e. The van der Waals surface area contributed by atoms with Gasteiger partial charge < -0.3 is 25.2 Å². The van der Waals surface area contributed by atoms with Gasteiger partial charge in [0.2, 0.25) is 0 Å². The van der Waals surface area contributed by atoms with Gasteiger partial charge in [-0.1, -0.05) is 0 Å². The van der Waals surface area contributed by atoms with Gasteiger partial charge in [-0.25, -0.2) is 0 Å². The molecule has 21 heavy (non-hydrogen) atoms. The second-order valence-electron chi connectivity index (χ2n) is 5.69. The Morgan fingerprint density at radius 3 is 2.81 bits per heavy atom. The molecule has 0 saturated carbocycles. The number of aliphatic carboxylic acids is 1. The molecule has 114 valence electrons. The molecule has 1 fully saturated rings. The number of hydrogen-bond acceptors (Lipinski definition) is 5. The number of carboxylic acids is 1. The third kappa shape index (κ3) is 3.21. The first-order valence-electron chi connectivity index (χ1n) is 7.24. The van der Waals surface area contributed by atoms with Gasteiger partial charge >= 0.3 is 5.97 Å². The molecule has 3 N–H and O–H groups in total. The number of nitrogens with two attached hydrogens (primary N) is 1. The number of nitrogens with zero attached hydrogens (tertiary/aromatic N) is 1. The summed E-state index contributed by atoms with van der Waals surface area (Å²) in [7, 11) is 0. The number of rotatable bonds is 3. The highest BCUT2D eigenvalue weighted by molar-refractivity contribution is 5.67. The highest BCUT2D eigenvalue weighted by atomic mass is 16.6. The minimum atomic E-state index is -0.767. The minimum Gasteiger partial charge on any atom is -0.486 e. The van der Waals surface area contributed by atoms with E-state index in [9.17, 15) is 4.79 Å². The summed E-state index contributed by atoms with van der Waals surface area (Å²) in [6.45, 7) is 2.56. The summed E-state index contributed by atoms with van der Waals surface area (Å²) in [5.74, 6) is 0.816. The van der Waals surface area contributed by atoms with Crippen LogP contribution in [0.25, 0.3) is 0 Å². The molecular formula is C15H20N2O4. The number of anilines is 1. The lowest BCUT2D eigenvalue weighted by Gasteiger charge is -2.37. The molecule has 1 saturated heterocycles. The Morgan fingerprint density at radius 1 is 1.29 bits per heavy atom. The van der Waals surface area contributed by atoms with Gasteiger partial charge in [0.05, 0.1) is 0 Å². The second-order valence-corrected chi connectivity index (χ2v) is 5.69. The normalized spacial score (nSPS) is 24.7. The molecule has 0 radical (unpaired) electrons. The van der Waals surface area contributed by atoms with E-state index >= 15 is 0 Å². The first-order valence-corrected chi connectivity index (χ1v) is 7.24. The van der Waals surface area contributed by atoms with Crippen LogP contribution in [0.2, 0.25) is 0 Å². The lowest BCUT2D eigenvalue weighted by atomic mass is 9.91. The van der Waals surface area contributed by atoms with Crippen LogP contribution in [-0.4, -0.2) is 43.4 Å². The van der Waals surface area contributed by atoms with Crippen molar-refractivity contribution in [2.75, 3.05) is 31.2 Å². The van der Waals surface area contributed by atoms with Crippen LogP contribution in [0.4, 0.5) is 5.69 Å². The summed E-state index contributed by atoms with van der Waals surface area (Å²) in [6.07, 6.45) is 0.919. The lowest BCUT2D eigenvalue weighted by molar-refractivity contribution is -0.138. The summed E-state index contributed by atoms with van der Waals surface area (Å²) in [4.78, 5) is 13.1. The molecule has 6 heteroatoms. The molecule has 2 unspecified atom stereocenters. The topological polar surface area (TPSA) is 85.0 Å². The maximum atomic E-state index is 10.9. The van der Waals surface area contributed by atoms with Crippen LogP contribution in [0.3, 0.4) is 0 Å². The van der Waals surface area contributed by atoms with Crippen molar-refractivity contribution < 1.29 is 19.4 Å². The maximum absolute atomic E-state index is 10.9. The predicted molar refractivity (Wildman–Crippen MR) is 78.0 cm³/mol. The van der Waals surface area contributed by atoms with E-state index < -0.39 is 5.97 Å². The number of hydrogen-bond donors (Lipinski definition) is 2. The molecular weight excluding hydrogens is 272 g/mol. The number of carbonyl (C=O) groups is 1. The molecule has 0 aromatic heterocycles. The van der Waals surface area contributed by atoms with Crippen LogP contribution >= 0.6 is 0 Å². The van der Waals surface area contributed by atoms with Crippen molar-refractivity contribution >= 4 is 11.7 Å². The van der Waals surface area contributed by atoms with Gasteiger partial charge in [0.25, 0.3) is 0 Å². The fraction of sp³-hybridized carbons (Fsp3) is 0.533. The van der Waals surface area contributed by atoms with Crippen molar-refractivity contribution in [2.24, 2.45) is 11.7 Å². The Bertz CT molecular complexity index is 534. The van der Waals surface area contributed by atoms with Gasteiger partial charge in [-0.2, -0.15) is 0 Å². The van der Waals surface area contributed by atoms with Crippen LogP contribution in [0.1, 0.15) is 12.8 Å². The average molecular weight is 292 g/mol. The Hall–Kier alpha value is -1.95. The zero-order chi connectivity index (χ0) is 14.8. The number of carboxylic acid groups (broad SMARTS) is 1. The number of fused-ring (bicyclic) bond motifs is 1. The average Bonchev–Trinajstić information content (AvgIpc) is 2.45. The lowest BCUT2D eigenvalue weighted by Crippen LogP contribution is -2.47. The van der Waals surface area contributed by atoms with E-state index in [1.807, 2.05) is 18.2 Å². The highest BCUT2D eigenvalue weighted by Gasteiger charge is 2.27. The predicted octanol–water partition coefficient (Wildman–Crippen LogP) is 1.09. The van der Waals surface area contributed by atoms with Crippen LogP contribution in [-0.2, 0) is 4.79 Å². The largest absolute Gasteiger partial charge is 0.486 e. The number of ether oxygens (including phenoxy) is 2. The summed E-state index contributed by atoms with van der Waals surface area (Å²) in [5.41, 5.74) is 7.08. The molecule has 1 aromatic carbocycles. The van der Waals surface area contributed by atoms with Gasteiger partial charge in [-0.05, 0) is 24.5 Å². The van der Waals surface area contributed by atoms with E-state index in [1.165, 1.54) is 0 Å². The summed E-state index contributed by atoms with van der Waals surface area (Å²) in [5, 5.41) is 8.97. The number of benzene rings is 1. The van der Waals surface area contributed by atoms with Crippen molar-refractivity contribution in [3.05, 3.63) is 18.2 Å². The quantitative estimate of drug-likeness (QED) is 0.867. The molecule has 1 aromatic rings. The van der Waals surface area contributed by atoms with Crippen LogP contribution in [0.15, 0.2) is 18.2 Å². The van der Waals surface area contributed by atoms with Crippen molar-refractivity contribution in [1.82, 2.24) is 0 Å². The molecule has 2 aliphatic heterocycles. The fourth-order valence-corrected chi connectivity index (χ4v) is 3.08. The Balaban J connectivity index is 1.77. The van der Waals surface area contributed by atoms with Gasteiger partial charge in [0, 0.05) is 37.3 Å². The minimum absolute atomic E-state index is 0.00343. The van der Waals surface area contributed by atoms with E-state index in [-0.39, 0.29) is 18.4 Å². The summed E-state index contributed by atoms with van der Waals surface area (Å²) in [6, 6.07) is 5.82. The van der Waals surface area contributed by atoms with Crippen LogP contribution in [0, 0.1) is 5.92 Å². The van der Waals surface area contributed by atoms with Gasteiger partial charge in [0.1, 0.15) is 13.2 Å². The molecule has 0 amide bonds. The van der Waals surface area contributed by atoms with Crippen molar-refractivity contribution in [3.8, 4) is 11.5 Å². The molecule has 2 heterocycles. The summed E-state index contributed by atoms with van der Waals surface area (Å²) < 4.78 is 11.1. The Kier molecular flexibility index (Phi) is 3.88. The summed E-state index contributed by atoms with van der Waals surface area (Å²) >= 11 is 0. The van der Waals surface area contributed by atoms with E-state index in [2.05, 4.69) is 4.90 Å². The molecule has 2 aliphatic rings. The van der Waals surface area contributed by atoms with Gasteiger partial charge in [-0.3, -0.25) is 4.79 Å². The molecule has 2 atom stereocenters. The first-order chi connectivity index (χ1) is 10.1. The Labute approximate surface area is 123 Å².